The summed E-state index contributed by atoms with van der Waals surface area (Å²) < 4.78 is 42.5. The lowest BCUT2D eigenvalue weighted by Crippen LogP contribution is -2.05. The number of nitrogens with zero attached hydrogens (tertiary/aromatic N) is 2. The molecule has 0 saturated carbocycles. The van der Waals surface area contributed by atoms with Gasteiger partial charge in [0.1, 0.15) is 11.4 Å². The highest BCUT2D eigenvalue weighted by atomic mass is 19.4. The van der Waals surface area contributed by atoms with Gasteiger partial charge in [-0.15, -0.1) is 0 Å². The first-order valence-corrected chi connectivity index (χ1v) is 5.84. The van der Waals surface area contributed by atoms with Crippen molar-refractivity contribution in [3.8, 4) is 11.6 Å². The molecule has 0 aliphatic rings. The zero-order chi connectivity index (χ0) is 16.3. The number of nitrogens with one attached hydrogen (secondary N) is 1. The second-order valence-corrected chi connectivity index (χ2v) is 4.10. The Morgan fingerprint density at radius 1 is 1.27 bits per heavy atom. The number of nitro benzene ring substituents is 1. The molecule has 0 bridgehead atoms. The van der Waals surface area contributed by atoms with E-state index in [9.17, 15) is 23.3 Å². The van der Waals surface area contributed by atoms with Crippen molar-refractivity contribution in [3.63, 3.8) is 0 Å². The molecule has 0 atom stereocenters. The lowest BCUT2D eigenvalue weighted by atomic mass is 10.2. The number of ether oxygens (including phenoxy) is 1. The Balaban J connectivity index is 2.22. The van der Waals surface area contributed by atoms with E-state index in [1.807, 2.05) is 0 Å². The third kappa shape index (κ3) is 3.43. The third-order valence-electron chi connectivity index (χ3n) is 2.64. The number of rotatable bonds is 4. The fraction of sp³-hybridized carbons (Fsp3) is 0.0769. The van der Waals surface area contributed by atoms with E-state index >= 15 is 0 Å². The van der Waals surface area contributed by atoms with Gasteiger partial charge in [-0.2, -0.15) is 13.2 Å². The number of aromatic nitrogens is 1. The zero-order valence-electron chi connectivity index (χ0n) is 10.9. The molecule has 0 spiro atoms. The van der Waals surface area contributed by atoms with Crippen LogP contribution in [0.1, 0.15) is 5.56 Å². The summed E-state index contributed by atoms with van der Waals surface area (Å²) in [6, 6.07) is 5.67. The quantitative estimate of drug-likeness (QED) is 0.682. The average Bonchev–Trinajstić information content (AvgIpc) is 2.46. The number of hydrogen-bond donors (Lipinski definition) is 1. The molecule has 1 N–H and O–H groups in total. The van der Waals surface area contributed by atoms with Crippen LogP contribution in [0.2, 0.25) is 0 Å². The highest BCUT2D eigenvalue weighted by Gasteiger charge is 2.30. The lowest BCUT2D eigenvalue weighted by molar-refractivity contribution is -0.383. The summed E-state index contributed by atoms with van der Waals surface area (Å²) in [6.45, 7) is 0. The summed E-state index contributed by atoms with van der Waals surface area (Å²) in [7, 11) is 3.34. The first kappa shape index (κ1) is 15.5. The maximum Gasteiger partial charge on any atom is 0.417 e. The van der Waals surface area contributed by atoms with Crippen LogP contribution in [0, 0.1) is 17.2 Å². The molecular formula is C13H9F3N3O3. The van der Waals surface area contributed by atoms with Crippen LogP contribution in [-0.4, -0.2) is 9.91 Å². The Labute approximate surface area is 122 Å². The van der Waals surface area contributed by atoms with Gasteiger partial charge in [0, 0.05) is 31.4 Å². The van der Waals surface area contributed by atoms with Gasteiger partial charge in [-0.05, 0) is 12.1 Å². The molecule has 0 saturated heterocycles. The van der Waals surface area contributed by atoms with E-state index < -0.39 is 16.7 Å². The summed E-state index contributed by atoms with van der Waals surface area (Å²) in [5.41, 5.74) is -0.999. The summed E-state index contributed by atoms with van der Waals surface area (Å²) in [5, 5.41) is 13.2. The minimum Gasteiger partial charge on any atom is -0.439 e. The Morgan fingerprint density at radius 2 is 2.00 bits per heavy atom. The van der Waals surface area contributed by atoms with Crippen LogP contribution in [0.4, 0.5) is 24.5 Å². The van der Waals surface area contributed by atoms with E-state index in [4.69, 9.17) is 4.74 Å². The minimum atomic E-state index is -4.48. The van der Waals surface area contributed by atoms with Gasteiger partial charge >= 0.3 is 6.18 Å². The predicted molar refractivity (Wildman–Crippen MR) is 71.4 cm³/mol. The average molecular weight is 312 g/mol. The molecule has 1 aromatic heterocycles. The van der Waals surface area contributed by atoms with Crippen LogP contribution in [0.5, 0.6) is 11.6 Å². The van der Waals surface area contributed by atoms with Gasteiger partial charge in [0.05, 0.1) is 10.5 Å². The van der Waals surface area contributed by atoms with Crippen LogP contribution in [-0.2, 0) is 6.18 Å². The standard InChI is InChI=1S/C13H9F3N3O3/c1-17-10-6-9(3-4-11(10)19(20)21)22-12-5-2-8(7-18-12)13(14,15)16/h2-7,17H,1H2. The molecule has 22 heavy (non-hydrogen) atoms. The maximum atomic E-state index is 12.4. The number of halogens is 3. The van der Waals surface area contributed by atoms with Crippen molar-refractivity contribution in [2.75, 3.05) is 5.32 Å². The number of hydrogen-bond acceptors (Lipinski definition) is 5. The van der Waals surface area contributed by atoms with Crippen LogP contribution >= 0.6 is 0 Å². The molecule has 6 nitrogen and oxygen atoms in total. The maximum absolute atomic E-state index is 12.4. The summed E-state index contributed by atoms with van der Waals surface area (Å²) >= 11 is 0. The molecule has 9 heteroatoms. The molecule has 1 radical (unpaired) electrons. The predicted octanol–water partition coefficient (Wildman–Crippen LogP) is 4.00. The van der Waals surface area contributed by atoms with Gasteiger partial charge < -0.3 is 10.1 Å². The molecular weight excluding hydrogens is 303 g/mol. The number of nitro groups is 1. The highest BCUT2D eigenvalue weighted by molar-refractivity contribution is 5.64. The van der Waals surface area contributed by atoms with E-state index in [2.05, 4.69) is 17.3 Å². The van der Waals surface area contributed by atoms with E-state index in [1.54, 1.807) is 0 Å². The van der Waals surface area contributed by atoms with Gasteiger partial charge in [0.25, 0.3) is 5.69 Å². The number of benzene rings is 1. The lowest BCUT2D eigenvalue weighted by Gasteiger charge is -2.09. The normalized spacial score (nSPS) is 11.1. The van der Waals surface area contributed by atoms with Crippen molar-refractivity contribution in [3.05, 3.63) is 59.3 Å². The summed E-state index contributed by atoms with van der Waals surface area (Å²) in [4.78, 5) is 13.7. The molecule has 2 rings (SSSR count). The smallest absolute Gasteiger partial charge is 0.417 e. The second-order valence-electron chi connectivity index (χ2n) is 4.10. The molecule has 1 aromatic carbocycles. The molecule has 1 heterocycles. The topological polar surface area (TPSA) is 77.3 Å². The van der Waals surface area contributed by atoms with E-state index in [1.165, 1.54) is 18.2 Å². The van der Waals surface area contributed by atoms with Crippen LogP contribution in [0.3, 0.4) is 0 Å². The van der Waals surface area contributed by atoms with Gasteiger partial charge in [-0.3, -0.25) is 10.1 Å². The van der Waals surface area contributed by atoms with Crippen LogP contribution < -0.4 is 10.1 Å². The van der Waals surface area contributed by atoms with Gasteiger partial charge in [-0.1, -0.05) is 0 Å². The molecule has 0 aliphatic carbocycles. The molecule has 0 aliphatic heterocycles. The van der Waals surface area contributed by atoms with E-state index in [0.717, 1.165) is 12.1 Å². The molecule has 0 unspecified atom stereocenters. The van der Waals surface area contributed by atoms with Crippen LogP contribution in [0.25, 0.3) is 0 Å². The SMILES string of the molecule is [CH2]Nc1cc(Oc2ccc(C(F)(F)F)cn2)ccc1[N+](=O)[O-]. The number of pyridine rings is 1. The molecule has 2 aromatic rings. The van der Waals surface area contributed by atoms with Crippen molar-refractivity contribution in [1.82, 2.24) is 4.98 Å². The van der Waals surface area contributed by atoms with Crippen molar-refractivity contribution in [2.45, 2.75) is 6.18 Å². The Bertz CT molecular complexity index is 687. The second kappa shape index (κ2) is 5.88. The molecule has 0 amide bonds. The van der Waals surface area contributed by atoms with Crippen molar-refractivity contribution in [1.29, 1.82) is 0 Å². The number of alkyl halides is 3. The van der Waals surface area contributed by atoms with Gasteiger partial charge in [0.2, 0.25) is 5.88 Å². The summed E-state index contributed by atoms with van der Waals surface area (Å²) in [6.07, 6.45) is -3.84. The largest absolute Gasteiger partial charge is 0.439 e. The number of anilines is 1. The van der Waals surface area contributed by atoms with E-state index in [0.29, 0.717) is 6.20 Å². The van der Waals surface area contributed by atoms with Gasteiger partial charge in [-0.25, -0.2) is 4.98 Å². The van der Waals surface area contributed by atoms with E-state index in [-0.39, 0.29) is 23.0 Å². The Kier molecular flexibility index (Phi) is 4.15. The monoisotopic (exact) mass is 312 g/mol. The fourth-order valence-electron chi connectivity index (χ4n) is 1.61. The first-order valence-electron chi connectivity index (χ1n) is 5.84. The Hall–Kier alpha value is -2.84. The van der Waals surface area contributed by atoms with Gasteiger partial charge in [0.15, 0.2) is 0 Å². The molecule has 115 valence electrons. The third-order valence-corrected chi connectivity index (χ3v) is 2.64. The Morgan fingerprint density at radius 3 is 2.50 bits per heavy atom. The fourth-order valence-corrected chi connectivity index (χ4v) is 1.61. The van der Waals surface area contributed by atoms with Crippen molar-refractivity contribution < 1.29 is 22.8 Å². The van der Waals surface area contributed by atoms with Crippen molar-refractivity contribution in [2.24, 2.45) is 0 Å². The summed E-state index contributed by atoms with van der Waals surface area (Å²) in [5.74, 6) is 0.0980. The molecule has 0 fully saturated rings. The minimum absolute atomic E-state index is 0.0723. The van der Waals surface area contributed by atoms with Crippen LogP contribution in [0.15, 0.2) is 36.5 Å². The first-order chi connectivity index (χ1) is 10.3. The van der Waals surface area contributed by atoms with Crippen molar-refractivity contribution >= 4 is 11.4 Å². The zero-order valence-corrected chi connectivity index (χ0v) is 10.9. The highest BCUT2D eigenvalue weighted by Crippen LogP contribution is 2.32.